The third-order valence-corrected chi connectivity index (χ3v) is 4.28. The van der Waals surface area contributed by atoms with E-state index in [2.05, 4.69) is 20.3 Å². The number of amides is 1. The van der Waals surface area contributed by atoms with E-state index in [0.29, 0.717) is 24.1 Å². The Morgan fingerprint density at radius 2 is 2.00 bits per heavy atom. The number of carbonyl (C=O) groups is 1. The first kappa shape index (κ1) is 17.8. The second-order valence-corrected chi connectivity index (χ2v) is 6.47. The number of aromatic nitrogens is 3. The first-order valence-corrected chi connectivity index (χ1v) is 8.70. The third-order valence-electron chi connectivity index (χ3n) is 4.28. The molecular weight excluding hydrogens is 328 g/mol. The minimum Gasteiger partial charge on any atom is -0.353 e. The Balaban J connectivity index is 1.58. The molecule has 0 radical (unpaired) electrons. The third kappa shape index (κ3) is 4.33. The molecule has 6 nitrogen and oxygen atoms in total. The standard InChI is InChI=1S/C20H22N4O2/c1-13-6-5-11-21-18(13)12-14(2)22-19(25)10-9-17-20(26)24-16-8-4-3-7-15(16)23-17/h3-8,11,14H,9-10,12H2,1-2H3,(H,22,25)(H,24,26)/t14-/m1/s1. The number of carbonyl (C=O) groups excluding carboxylic acids is 1. The summed E-state index contributed by atoms with van der Waals surface area (Å²) in [5.74, 6) is -0.0968. The zero-order chi connectivity index (χ0) is 18.5. The lowest BCUT2D eigenvalue weighted by Crippen LogP contribution is -2.35. The van der Waals surface area contributed by atoms with E-state index in [0.717, 1.165) is 16.8 Å². The molecule has 0 spiro atoms. The number of aromatic amines is 1. The van der Waals surface area contributed by atoms with Gasteiger partial charge in [0, 0.05) is 37.2 Å². The number of H-pyrrole nitrogens is 1. The lowest BCUT2D eigenvalue weighted by atomic mass is 10.1. The fourth-order valence-electron chi connectivity index (χ4n) is 2.89. The Labute approximate surface area is 151 Å². The molecule has 3 aromatic rings. The summed E-state index contributed by atoms with van der Waals surface area (Å²) >= 11 is 0. The Morgan fingerprint density at radius 1 is 1.19 bits per heavy atom. The lowest BCUT2D eigenvalue weighted by Gasteiger charge is -2.14. The monoisotopic (exact) mass is 350 g/mol. The van der Waals surface area contributed by atoms with Gasteiger partial charge >= 0.3 is 0 Å². The van der Waals surface area contributed by atoms with Gasteiger partial charge in [0.1, 0.15) is 5.69 Å². The minimum atomic E-state index is -0.242. The summed E-state index contributed by atoms with van der Waals surface area (Å²) in [6.45, 7) is 3.96. The van der Waals surface area contributed by atoms with Crippen molar-refractivity contribution in [3.63, 3.8) is 0 Å². The van der Waals surface area contributed by atoms with Crippen LogP contribution in [0.15, 0.2) is 47.4 Å². The van der Waals surface area contributed by atoms with E-state index in [9.17, 15) is 9.59 Å². The van der Waals surface area contributed by atoms with Crippen LogP contribution in [0.3, 0.4) is 0 Å². The summed E-state index contributed by atoms with van der Waals surface area (Å²) in [5.41, 5.74) is 3.65. The molecule has 2 heterocycles. The molecule has 1 atom stereocenters. The van der Waals surface area contributed by atoms with Crippen LogP contribution in [-0.2, 0) is 17.6 Å². The van der Waals surface area contributed by atoms with E-state index in [4.69, 9.17) is 0 Å². The van der Waals surface area contributed by atoms with E-state index >= 15 is 0 Å². The molecule has 0 aliphatic carbocycles. The van der Waals surface area contributed by atoms with Gasteiger partial charge in [-0.15, -0.1) is 0 Å². The average Bonchev–Trinajstić information content (AvgIpc) is 2.62. The molecule has 134 valence electrons. The van der Waals surface area contributed by atoms with Gasteiger partial charge in [0.25, 0.3) is 5.56 Å². The number of aryl methyl sites for hydroxylation is 2. The molecule has 1 amide bonds. The second kappa shape index (κ2) is 7.91. The number of hydrogen-bond acceptors (Lipinski definition) is 4. The predicted molar refractivity (Wildman–Crippen MR) is 101 cm³/mol. The molecule has 3 rings (SSSR count). The highest BCUT2D eigenvalue weighted by Crippen LogP contribution is 2.08. The Hall–Kier alpha value is -3.02. The molecule has 1 aromatic carbocycles. The highest BCUT2D eigenvalue weighted by atomic mass is 16.1. The molecule has 0 saturated heterocycles. The summed E-state index contributed by atoms with van der Waals surface area (Å²) in [5, 5.41) is 2.96. The quantitative estimate of drug-likeness (QED) is 0.714. The van der Waals surface area contributed by atoms with Crippen LogP contribution in [0, 0.1) is 6.92 Å². The summed E-state index contributed by atoms with van der Waals surface area (Å²) in [7, 11) is 0. The van der Waals surface area contributed by atoms with Crippen molar-refractivity contribution in [3.8, 4) is 0 Å². The molecule has 0 fully saturated rings. The number of nitrogens with one attached hydrogen (secondary N) is 2. The van der Waals surface area contributed by atoms with E-state index in [1.807, 2.05) is 50.2 Å². The first-order valence-electron chi connectivity index (χ1n) is 8.70. The molecule has 2 aromatic heterocycles. The fourth-order valence-corrected chi connectivity index (χ4v) is 2.89. The van der Waals surface area contributed by atoms with Gasteiger partial charge in [-0.05, 0) is 37.6 Å². The van der Waals surface area contributed by atoms with Crippen molar-refractivity contribution in [2.24, 2.45) is 0 Å². The van der Waals surface area contributed by atoms with Gasteiger partial charge < -0.3 is 10.3 Å². The maximum absolute atomic E-state index is 12.2. The van der Waals surface area contributed by atoms with Gasteiger partial charge in [-0.25, -0.2) is 4.98 Å². The van der Waals surface area contributed by atoms with Crippen molar-refractivity contribution < 1.29 is 4.79 Å². The lowest BCUT2D eigenvalue weighted by molar-refractivity contribution is -0.121. The van der Waals surface area contributed by atoms with Gasteiger partial charge in [-0.2, -0.15) is 0 Å². The van der Waals surface area contributed by atoms with E-state index in [1.54, 1.807) is 6.20 Å². The minimum absolute atomic E-state index is 0.0288. The summed E-state index contributed by atoms with van der Waals surface area (Å²) in [6.07, 6.45) is 2.96. The van der Waals surface area contributed by atoms with Gasteiger partial charge in [-0.3, -0.25) is 14.6 Å². The molecule has 0 aliphatic heterocycles. The van der Waals surface area contributed by atoms with Crippen molar-refractivity contribution >= 4 is 16.9 Å². The number of fused-ring (bicyclic) bond motifs is 1. The number of pyridine rings is 1. The fraction of sp³-hybridized carbons (Fsp3) is 0.300. The number of rotatable bonds is 6. The van der Waals surface area contributed by atoms with E-state index in [1.165, 1.54) is 0 Å². The maximum Gasteiger partial charge on any atom is 0.270 e. The van der Waals surface area contributed by atoms with E-state index in [-0.39, 0.29) is 23.9 Å². The van der Waals surface area contributed by atoms with Gasteiger partial charge in [0.05, 0.1) is 11.0 Å². The summed E-state index contributed by atoms with van der Waals surface area (Å²) < 4.78 is 0. The molecule has 26 heavy (non-hydrogen) atoms. The Kier molecular flexibility index (Phi) is 5.41. The van der Waals surface area contributed by atoms with Crippen molar-refractivity contribution in [1.82, 2.24) is 20.3 Å². The summed E-state index contributed by atoms with van der Waals surface area (Å²) in [6, 6.07) is 11.2. The van der Waals surface area contributed by atoms with Crippen LogP contribution in [0.4, 0.5) is 0 Å². The first-order chi connectivity index (χ1) is 12.5. The molecule has 0 bridgehead atoms. The van der Waals surface area contributed by atoms with Crippen molar-refractivity contribution in [1.29, 1.82) is 0 Å². The predicted octanol–water partition coefficient (Wildman–Crippen LogP) is 2.31. The van der Waals surface area contributed by atoms with Crippen molar-refractivity contribution in [2.75, 3.05) is 0 Å². The molecule has 2 N–H and O–H groups in total. The highest BCUT2D eigenvalue weighted by Gasteiger charge is 2.12. The molecule has 0 aliphatic rings. The molecule has 0 unspecified atom stereocenters. The smallest absolute Gasteiger partial charge is 0.270 e. The highest BCUT2D eigenvalue weighted by molar-refractivity contribution is 5.77. The van der Waals surface area contributed by atoms with E-state index < -0.39 is 0 Å². The van der Waals surface area contributed by atoms with Crippen molar-refractivity contribution in [2.45, 2.75) is 39.2 Å². The van der Waals surface area contributed by atoms with Crippen LogP contribution < -0.4 is 10.9 Å². The van der Waals surface area contributed by atoms with Crippen molar-refractivity contribution in [3.05, 3.63) is 69.9 Å². The summed E-state index contributed by atoms with van der Waals surface area (Å²) in [4.78, 5) is 35.8. The number of benzene rings is 1. The van der Waals surface area contributed by atoms with Gasteiger partial charge in [0.15, 0.2) is 0 Å². The molecular formula is C20H22N4O2. The SMILES string of the molecule is Cc1cccnc1C[C@@H](C)NC(=O)CCc1nc2ccccc2[nH]c1=O. The topological polar surface area (TPSA) is 87.7 Å². The Morgan fingerprint density at radius 3 is 2.81 bits per heavy atom. The van der Waals surface area contributed by atoms with Crippen LogP contribution in [0.25, 0.3) is 11.0 Å². The zero-order valence-electron chi connectivity index (χ0n) is 15.0. The van der Waals surface area contributed by atoms with Gasteiger partial charge in [0.2, 0.25) is 5.91 Å². The van der Waals surface area contributed by atoms with Crippen LogP contribution >= 0.6 is 0 Å². The average molecular weight is 350 g/mol. The van der Waals surface area contributed by atoms with Crippen LogP contribution in [0.1, 0.15) is 30.3 Å². The van der Waals surface area contributed by atoms with Crippen LogP contribution in [-0.4, -0.2) is 26.9 Å². The normalized spacial score (nSPS) is 12.1. The number of hydrogen-bond donors (Lipinski definition) is 2. The number of nitrogens with zero attached hydrogens (tertiary/aromatic N) is 2. The van der Waals surface area contributed by atoms with Gasteiger partial charge in [-0.1, -0.05) is 18.2 Å². The zero-order valence-corrected chi connectivity index (χ0v) is 15.0. The van der Waals surface area contributed by atoms with Crippen LogP contribution in [0.5, 0.6) is 0 Å². The second-order valence-electron chi connectivity index (χ2n) is 6.47. The molecule has 0 saturated carbocycles. The van der Waals surface area contributed by atoms with Crippen LogP contribution in [0.2, 0.25) is 0 Å². The molecule has 6 heteroatoms. The maximum atomic E-state index is 12.2. The largest absolute Gasteiger partial charge is 0.353 e. The number of para-hydroxylation sites is 2. The Bertz CT molecular complexity index is 981.